The fourth-order valence-electron chi connectivity index (χ4n) is 4.62. The SMILES string of the molecule is CC(C)(C)OC(=O)NCCOCCOCCNC(=O)CCCCC(=O)Nc1cccc2c1C(=O)N(C1CCC(=O)NC1=O)C2=O. The molecule has 1 saturated heterocycles. The summed E-state index contributed by atoms with van der Waals surface area (Å²) in [7, 11) is 0. The maximum atomic E-state index is 13.1. The zero-order valence-electron chi connectivity index (χ0n) is 25.8. The maximum Gasteiger partial charge on any atom is 0.407 e. The molecule has 7 amide bonds. The van der Waals surface area contributed by atoms with Crippen LogP contribution >= 0.6 is 0 Å². The number of fused-ring (bicyclic) bond motifs is 1. The van der Waals surface area contributed by atoms with Gasteiger partial charge in [0.15, 0.2) is 0 Å². The fourth-order valence-corrected chi connectivity index (χ4v) is 4.62. The van der Waals surface area contributed by atoms with Crippen molar-refractivity contribution in [2.45, 2.75) is 70.9 Å². The Hall–Kier alpha value is -4.37. The number of imide groups is 2. The average molecular weight is 632 g/mol. The molecule has 4 N–H and O–H groups in total. The summed E-state index contributed by atoms with van der Waals surface area (Å²) in [6.45, 7) is 7.25. The van der Waals surface area contributed by atoms with E-state index in [1.807, 2.05) is 0 Å². The van der Waals surface area contributed by atoms with Gasteiger partial charge in [0.2, 0.25) is 23.6 Å². The monoisotopic (exact) mass is 631 g/mol. The summed E-state index contributed by atoms with van der Waals surface area (Å²) in [5, 5.41) is 10.1. The summed E-state index contributed by atoms with van der Waals surface area (Å²) in [5.41, 5.74) is -0.325. The second kappa shape index (κ2) is 16.6. The summed E-state index contributed by atoms with van der Waals surface area (Å²) in [5.74, 6) is -3.11. The number of hydrogen-bond donors (Lipinski definition) is 4. The number of rotatable bonds is 16. The summed E-state index contributed by atoms with van der Waals surface area (Å²) >= 11 is 0. The van der Waals surface area contributed by atoms with Gasteiger partial charge in [0.05, 0.1) is 43.2 Å². The standard InChI is InChI=1S/C30H41N5O10/c1-30(2,3)45-29(42)32-14-16-44-18-17-43-15-13-31-22(36)9-4-5-10-23(37)33-20-8-6-7-19-25(20)28(41)35(27(19)40)21-11-12-24(38)34-26(21)39/h6-8,21H,4-5,9-18H2,1-3H3,(H,31,36)(H,32,42)(H,33,37)(H,34,38,39). The third kappa shape index (κ3) is 10.9. The molecule has 0 aliphatic carbocycles. The van der Waals surface area contributed by atoms with Crippen molar-refractivity contribution in [3.05, 3.63) is 29.3 Å². The lowest BCUT2D eigenvalue weighted by Gasteiger charge is -2.27. The van der Waals surface area contributed by atoms with Crippen LogP contribution in [0.25, 0.3) is 0 Å². The van der Waals surface area contributed by atoms with E-state index >= 15 is 0 Å². The zero-order valence-corrected chi connectivity index (χ0v) is 25.8. The Balaban J connectivity index is 1.26. The Morgan fingerprint density at radius 2 is 1.53 bits per heavy atom. The predicted molar refractivity (Wildman–Crippen MR) is 159 cm³/mol. The van der Waals surface area contributed by atoms with Gasteiger partial charge in [-0.2, -0.15) is 0 Å². The normalized spacial score (nSPS) is 16.2. The second-order valence-electron chi connectivity index (χ2n) is 11.4. The predicted octanol–water partition coefficient (Wildman–Crippen LogP) is 1.26. The van der Waals surface area contributed by atoms with Gasteiger partial charge < -0.3 is 30.2 Å². The first-order valence-corrected chi connectivity index (χ1v) is 14.9. The first-order valence-electron chi connectivity index (χ1n) is 14.9. The minimum atomic E-state index is -1.10. The summed E-state index contributed by atoms with van der Waals surface area (Å²) < 4.78 is 15.9. The Morgan fingerprint density at radius 3 is 2.18 bits per heavy atom. The highest BCUT2D eigenvalue weighted by atomic mass is 16.6. The van der Waals surface area contributed by atoms with E-state index < -0.39 is 41.4 Å². The fraction of sp³-hybridized carbons (Fsp3) is 0.567. The molecular weight excluding hydrogens is 590 g/mol. The highest BCUT2D eigenvalue weighted by Crippen LogP contribution is 2.32. The van der Waals surface area contributed by atoms with Gasteiger partial charge in [-0.3, -0.25) is 39.0 Å². The number of alkyl carbamates (subject to hydrolysis) is 1. The minimum Gasteiger partial charge on any atom is -0.444 e. The van der Waals surface area contributed by atoms with Crippen LogP contribution in [-0.2, 0) is 33.4 Å². The number of amides is 7. The van der Waals surface area contributed by atoms with Crippen LogP contribution in [0.2, 0.25) is 0 Å². The second-order valence-corrected chi connectivity index (χ2v) is 11.4. The number of piperidine rings is 1. The minimum absolute atomic E-state index is 0.00362. The van der Waals surface area contributed by atoms with E-state index in [1.54, 1.807) is 20.8 Å². The van der Waals surface area contributed by atoms with Crippen molar-refractivity contribution in [2.24, 2.45) is 0 Å². The highest BCUT2D eigenvalue weighted by molar-refractivity contribution is 6.26. The number of ether oxygens (including phenoxy) is 3. The van der Waals surface area contributed by atoms with Gasteiger partial charge in [-0.25, -0.2) is 4.79 Å². The van der Waals surface area contributed by atoms with Crippen LogP contribution in [0.5, 0.6) is 0 Å². The Bertz CT molecular complexity index is 1290. The molecule has 0 bridgehead atoms. The lowest BCUT2D eigenvalue weighted by Crippen LogP contribution is -2.54. The molecule has 2 heterocycles. The molecule has 1 aromatic carbocycles. The number of unbranched alkanes of at least 4 members (excludes halogenated alkanes) is 1. The molecule has 15 nitrogen and oxygen atoms in total. The number of nitrogens with zero attached hydrogens (tertiary/aromatic N) is 1. The Kier molecular flexibility index (Phi) is 13.0. The lowest BCUT2D eigenvalue weighted by atomic mass is 10.0. The van der Waals surface area contributed by atoms with E-state index in [9.17, 15) is 33.6 Å². The molecule has 1 unspecified atom stereocenters. The molecule has 0 spiro atoms. The van der Waals surface area contributed by atoms with Crippen LogP contribution in [0.4, 0.5) is 10.5 Å². The van der Waals surface area contributed by atoms with E-state index in [1.165, 1.54) is 18.2 Å². The molecule has 2 aliphatic rings. The van der Waals surface area contributed by atoms with Gasteiger partial charge in [-0.1, -0.05) is 6.07 Å². The molecule has 1 aromatic rings. The number of nitrogens with one attached hydrogen (secondary N) is 4. The van der Waals surface area contributed by atoms with Crippen molar-refractivity contribution in [3.63, 3.8) is 0 Å². The number of benzene rings is 1. The van der Waals surface area contributed by atoms with Crippen molar-refractivity contribution in [1.82, 2.24) is 20.9 Å². The largest absolute Gasteiger partial charge is 0.444 e. The van der Waals surface area contributed by atoms with E-state index in [-0.39, 0.29) is 54.3 Å². The van der Waals surface area contributed by atoms with Gasteiger partial charge in [-0.05, 0) is 52.2 Å². The van der Waals surface area contributed by atoms with Gasteiger partial charge in [0, 0.05) is 32.4 Å². The van der Waals surface area contributed by atoms with Crippen LogP contribution in [-0.4, -0.2) is 97.6 Å². The molecule has 45 heavy (non-hydrogen) atoms. The molecule has 1 fully saturated rings. The molecule has 1 atom stereocenters. The van der Waals surface area contributed by atoms with Gasteiger partial charge in [0.25, 0.3) is 11.8 Å². The van der Waals surface area contributed by atoms with E-state index in [2.05, 4.69) is 21.3 Å². The highest BCUT2D eigenvalue weighted by Gasteiger charge is 2.45. The number of carbonyl (C=O) groups is 7. The van der Waals surface area contributed by atoms with Crippen LogP contribution in [0.15, 0.2) is 18.2 Å². The first kappa shape index (κ1) is 35.1. The Morgan fingerprint density at radius 1 is 0.889 bits per heavy atom. The van der Waals surface area contributed by atoms with E-state index in [4.69, 9.17) is 14.2 Å². The summed E-state index contributed by atoms with van der Waals surface area (Å²) in [6, 6.07) is 3.38. The van der Waals surface area contributed by atoms with Crippen molar-refractivity contribution in [2.75, 3.05) is 44.8 Å². The van der Waals surface area contributed by atoms with Gasteiger partial charge in [-0.15, -0.1) is 0 Å². The van der Waals surface area contributed by atoms with E-state index in [0.29, 0.717) is 52.4 Å². The van der Waals surface area contributed by atoms with Crippen molar-refractivity contribution >= 4 is 47.2 Å². The summed E-state index contributed by atoms with van der Waals surface area (Å²) in [6.07, 6.45) is 0.717. The molecule has 15 heteroatoms. The van der Waals surface area contributed by atoms with Crippen LogP contribution in [0, 0.1) is 0 Å². The van der Waals surface area contributed by atoms with Crippen molar-refractivity contribution in [1.29, 1.82) is 0 Å². The van der Waals surface area contributed by atoms with E-state index in [0.717, 1.165) is 4.90 Å². The van der Waals surface area contributed by atoms with Crippen molar-refractivity contribution < 1.29 is 47.8 Å². The topological polar surface area (TPSA) is 199 Å². The molecule has 246 valence electrons. The smallest absolute Gasteiger partial charge is 0.407 e. The number of anilines is 1. The van der Waals surface area contributed by atoms with Crippen molar-refractivity contribution in [3.8, 4) is 0 Å². The molecular formula is C30H41N5O10. The lowest BCUT2D eigenvalue weighted by molar-refractivity contribution is -0.136. The average Bonchev–Trinajstić information content (AvgIpc) is 3.21. The third-order valence-corrected chi connectivity index (χ3v) is 6.66. The number of carbonyl (C=O) groups excluding carboxylic acids is 7. The first-order chi connectivity index (χ1) is 21.4. The van der Waals surface area contributed by atoms with Gasteiger partial charge >= 0.3 is 6.09 Å². The third-order valence-electron chi connectivity index (χ3n) is 6.66. The van der Waals surface area contributed by atoms with Gasteiger partial charge in [0.1, 0.15) is 11.6 Å². The van der Waals surface area contributed by atoms with Crippen LogP contribution in [0.1, 0.15) is 80.0 Å². The molecule has 3 rings (SSSR count). The Labute approximate surface area is 261 Å². The zero-order chi connectivity index (χ0) is 33.0. The molecule has 2 aliphatic heterocycles. The summed E-state index contributed by atoms with van der Waals surface area (Å²) in [4.78, 5) is 86.8. The molecule has 0 radical (unpaired) electrons. The van der Waals surface area contributed by atoms with Crippen LogP contribution in [0.3, 0.4) is 0 Å². The number of hydrogen-bond acceptors (Lipinski definition) is 10. The van der Waals surface area contributed by atoms with Crippen LogP contribution < -0.4 is 21.3 Å². The molecule has 0 aromatic heterocycles. The molecule has 0 saturated carbocycles. The maximum absolute atomic E-state index is 13.1. The quantitative estimate of drug-likeness (QED) is 0.152.